The Hall–Kier alpha value is -1.64. The van der Waals surface area contributed by atoms with Crippen molar-refractivity contribution in [1.82, 2.24) is 0 Å². The molecular weight excluding hydrogens is 179 g/mol. The van der Waals surface area contributed by atoms with Crippen LogP contribution >= 0.6 is 0 Å². The second-order valence-electron chi connectivity index (χ2n) is 3.02. The summed E-state index contributed by atoms with van der Waals surface area (Å²) in [5.41, 5.74) is 7.82. The lowest BCUT2D eigenvalue weighted by Crippen LogP contribution is -1.95. The molecule has 0 aliphatic carbocycles. The minimum Gasteiger partial charge on any atom is -0.404 e. The zero-order valence-corrected chi connectivity index (χ0v) is 8.29. The molecule has 0 radical (unpaired) electrons. The molecule has 0 atom stereocenters. The third kappa shape index (κ3) is 2.69. The highest BCUT2D eigenvalue weighted by Gasteiger charge is 1.95. The molecule has 0 aromatic heterocycles. The predicted molar refractivity (Wildman–Crippen MR) is 57.1 cm³/mol. The number of nitrogens with zero attached hydrogens (tertiary/aromatic N) is 1. The number of allylic oxidation sites excluding steroid dienone is 1. The first kappa shape index (κ1) is 10.4. The minimum absolute atomic E-state index is 0.257. The van der Waals surface area contributed by atoms with Crippen molar-refractivity contribution in [2.45, 2.75) is 13.8 Å². The van der Waals surface area contributed by atoms with Crippen LogP contribution in [0.3, 0.4) is 0 Å². The van der Waals surface area contributed by atoms with E-state index in [1.165, 1.54) is 18.3 Å². The first-order valence-corrected chi connectivity index (χ1v) is 4.33. The number of rotatable bonds is 2. The molecule has 14 heavy (non-hydrogen) atoms. The van der Waals surface area contributed by atoms with Crippen molar-refractivity contribution in [1.29, 1.82) is 0 Å². The Balaban J connectivity index is 2.92. The minimum atomic E-state index is -0.257. The van der Waals surface area contributed by atoms with Gasteiger partial charge in [0.15, 0.2) is 0 Å². The highest BCUT2D eigenvalue weighted by Crippen LogP contribution is 2.13. The van der Waals surface area contributed by atoms with Gasteiger partial charge in [-0.05, 0) is 49.9 Å². The first-order chi connectivity index (χ1) is 6.63. The Bertz CT molecular complexity index is 363. The Kier molecular flexibility index (Phi) is 3.40. The fourth-order valence-corrected chi connectivity index (χ4v) is 0.918. The fourth-order valence-electron chi connectivity index (χ4n) is 0.918. The number of nitrogens with two attached hydrogens (primary N) is 1. The molecule has 74 valence electrons. The molecule has 0 saturated heterocycles. The number of aliphatic imine (C=N–C) groups is 1. The van der Waals surface area contributed by atoms with E-state index >= 15 is 0 Å². The summed E-state index contributed by atoms with van der Waals surface area (Å²) in [6.45, 7) is 3.74. The van der Waals surface area contributed by atoms with Gasteiger partial charge < -0.3 is 5.73 Å². The summed E-state index contributed by atoms with van der Waals surface area (Å²) in [4.78, 5) is 4.27. The average Bonchev–Trinajstić information content (AvgIpc) is 2.20. The zero-order valence-electron chi connectivity index (χ0n) is 8.29. The summed E-state index contributed by atoms with van der Waals surface area (Å²) in [6, 6.07) is 6.02. The van der Waals surface area contributed by atoms with E-state index in [0.29, 0.717) is 0 Å². The third-order valence-corrected chi connectivity index (χ3v) is 1.94. The van der Waals surface area contributed by atoms with Crippen molar-refractivity contribution in [3.8, 4) is 0 Å². The molecule has 0 aliphatic rings. The summed E-state index contributed by atoms with van der Waals surface area (Å²) < 4.78 is 12.6. The van der Waals surface area contributed by atoms with Gasteiger partial charge in [0, 0.05) is 5.71 Å². The first-order valence-electron chi connectivity index (χ1n) is 4.33. The molecular formula is C11H13FN2. The van der Waals surface area contributed by atoms with Crippen LogP contribution in [-0.2, 0) is 0 Å². The van der Waals surface area contributed by atoms with Crippen LogP contribution in [0.15, 0.2) is 41.0 Å². The summed E-state index contributed by atoms with van der Waals surface area (Å²) in [7, 11) is 0. The van der Waals surface area contributed by atoms with E-state index in [1.54, 1.807) is 12.1 Å². The fraction of sp³-hybridized carbons (Fsp3) is 0.182. The Morgan fingerprint density at radius 1 is 1.29 bits per heavy atom. The summed E-state index contributed by atoms with van der Waals surface area (Å²) in [5.74, 6) is -0.257. The standard InChI is InChI=1S/C11H13FN2/c1-8(7-13)9(2)14-11-5-3-10(12)4-6-11/h3-7H,13H2,1-2H3/b8-7-,14-9?. The van der Waals surface area contributed by atoms with Crippen molar-refractivity contribution < 1.29 is 4.39 Å². The molecule has 3 heteroatoms. The van der Waals surface area contributed by atoms with E-state index in [4.69, 9.17) is 5.73 Å². The Labute approximate surface area is 83.0 Å². The molecule has 2 nitrogen and oxygen atoms in total. The van der Waals surface area contributed by atoms with Crippen LogP contribution in [-0.4, -0.2) is 5.71 Å². The van der Waals surface area contributed by atoms with Crippen LogP contribution in [0.5, 0.6) is 0 Å². The average molecular weight is 192 g/mol. The van der Waals surface area contributed by atoms with Crippen LogP contribution < -0.4 is 5.73 Å². The molecule has 0 unspecified atom stereocenters. The molecule has 1 aromatic carbocycles. The molecule has 0 amide bonds. The van der Waals surface area contributed by atoms with E-state index in [-0.39, 0.29) is 5.82 Å². The highest BCUT2D eigenvalue weighted by atomic mass is 19.1. The second kappa shape index (κ2) is 4.56. The van der Waals surface area contributed by atoms with Gasteiger partial charge in [-0.1, -0.05) is 0 Å². The van der Waals surface area contributed by atoms with Gasteiger partial charge in [0.1, 0.15) is 5.82 Å². The van der Waals surface area contributed by atoms with E-state index in [9.17, 15) is 4.39 Å². The Morgan fingerprint density at radius 3 is 2.36 bits per heavy atom. The van der Waals surface area contributed by atoms with Crippen molar-refractivity contribution >= 4 is 11.4 Å². The number of halogens is 1. The second-order valence-corrected chi connectivity index (χ2v) is 3.02. The summed E-state index contributed by atoms with van der Waals surface area (Å²) >= 11 is 0. The number of hydrogen-bond donors (Lipinski definition) is 1. The smallest absolute Gasteiger partial charge is 0.123 e. The van der Waals surface area contributed by atoms with Crippen molar-refractivity contribution in [3.63, 3.8) is 0 Å². The monoisotopic (exact) mass is 192 g/mol. The molecule has 0 heterocycles. The SMILES string of the molecule is CC(=Nc1ccc(F)cc1)/C(C)=C\N. The van der Waals surface area contributed by atoms with Gasteiger partial charge in [0.2, 0.25) is 0 Å². The van der Waals surface area contributed by atoms with Crippen molar-refractivity contribution in [3.05, 3.63) is 41.9 Å². The van der Waals surface area contributed by atoms with Gasteiger partial charge in [-0.25, -0.2) is 4.39 Å². The largest absolute Gasteiger partial charge is 0.404 e. The number of benzene rings is 1. The van der Waals surface area contributed by atoms with E-state index in [0.717, 1.165) is 17.0 Å². The molecule has 0 fully saturated rings. The van der Waals surface area contributed by atoms with Gasteiger partial charge in [0.25, 0.3) is 0 Å². The van der Waals surface area contributed by atoms with Crippen LogP contribution in [0.1, 0.15) is 13.8 Å². The van der Waals surface area contributed by atoms with Gasteiger partial charge in [-0.3, -0.25) is 4.99 Å². The van der Waals surface area contributed by atoms with Crippen molar-refractivity contribution in [2.75, 3.05) is 0 Å². The lowest BCUT2D eigenvalue weighted by atomic mass is 10.2. The predicted octanol–water partition coefficient (Wildman–Crippen LogP) is 2.78. The summed E-state index contributed by atoms with van der Waals surface area (Å²) in [5, 5.41) is 0. The lowest BCUT2D eigenvalue weighted by Gasteiger charge is -1.99. The van der Waals surface area contributed by atoms with Crippen LogP contribution in [0.2, 0.25) is 0 Å². The zero-order chi connectivity index (χ0) is 10.6. The molecule has 1 aromatic rings. The quantitative estimate of drug-likeness (QED) is 0.719. The maximum absolute atomic E-state index is 12.6. The van der Waals surface area contributed by atoms with E-state index in [1.807, 2.05) is 13.8 Å². The molecule has 0 saturated carbocycles. The van der Waals surface area contributed by atoms with Crippen LogP contribution in [0.25, 0.3) is 0 Å². The molecule has 2 N–H and O–H groups in total. The van der Waals surface area contributed by atoms with Gasteiger partial charge in [0.05, 0.1) is 5.69 Å². The topological polar surface area (TPSA) is 38.4 Å². The Morgan fingerprint density at radius 2 is 1.86 bits per heavy atom. The summed E-state index contributed by atoms with van der Waals surface area (Å²) in [6.07, 6.45) is 1.50. The van der Waals surface area contributed by atoms with Crippen molar-refractivity contribution in [2.24, 2.45) is 10.7 Å². The maximum Gasteiger partial charge on any atom is 0.123 e. The van der Waals surface area contributed by atoms with Crippen LogP contribution in [0.4, 0.5) is 10.1 Å². The van der Waals surface area contributed by atoms with Gasteiger partial charge in [-0.2, -0.15) is 0 Å². The van der Waals surface area contributed by atoms with Gasteiger partial charge in [-0.15, -0.1) is 0 Å². The normalized spacial score (nSPS) is 13.1. The van der Waals surface area contributed by atoms with Crippen LogP contribution in [0, 0.1) is 5.82 Å². The molecule has 0 aliphatic heterocycles. The molecule has 1 rings (SSSR count). The van der Waals surface area contributed by atoms with Gasteiger partial charge >= 0.3 is 0 Å². The number of hydrogen-bond acceptors (Lipinski definition) is 2. The maximum atomic E-state index is 12.6. The van der Waals surface area contributed by atoms with E-state index in [2.05, 4.69) is 4.99 Å². The third-order valence-electron chi connectivity index (χ3n) is 1.94. The van der Waals surface area contributed by atoms with E-state index < -0.39 is 0 Å². The highest BCUT2D eigenvalue weighted by molar-refractivity contribution is 5.99. The lowest BCUT2D eigenvalue weighted by molar-refractivity contribution is 0.628. The molecule has 0 spiro atoms. The molecule has 0 bridgehead atoms.